The van der Waals surface area contributed by atoms with Crippen LogP contribution in [0.5, 0.6) is 0 Å². The third-order valence-corrected chi connectivity index (χ3v) is 3.89. The minimum Gasteiger partial charge on any atom is -0.353 e. The van der Waals surface area contributed by atoms with E-state index >= 15 is 0 Å². The quantitative estimate of drug-likeness (QED) is 0.744. The lowest BCUT2D eigenvalue weighted by Gasteiger charge is -2.22. The molecule has 0 saturated carbocycles. The van der Waals surface area contributed by atoms with Crippen LogP contribution in [-0.4, -0.2) is 29.3 Å². The van der Waals surface area contributed by atoms with E-state index in [1.54, 1.807) is 0 Å². The zero-order chi connectivity index (χ0) is 11.1. The minimum atomic E-state index is 0.327. The molecule has 1 aromatic rings. The molecular formula is C12H20N4. The molecule has 3 N–H and O–H groups in total. The molecule has 1 saturated heterocycles. The van der Waals surface area contributed by atoms with Gasteiger partial charge < -0.3 is 10.6 Å². The van der Waals surface area contributed by atoms with Crippen LogP contribution in [0.4, 0.5) is 5.82 Å². The molecule has 0 bridgehead atoms. The fourth-order valence-electron chi connectivity index (χ4n) is 2.89. The predicted molar refractivity (Wildman–Crippen MR) is 64.6 cm³/mol. The highest BCUT2D eigenvalue weighted by Gasteiger charge is 2.27. The Balaban J connectivity index is 1.88. The van der Waals surface area contributed by atoms with Gasteiger partial charge in [0.25, 0.3) is 0 Å². The predicted octanol–water partition coefficient (Wildman–Crippen LogP) is 1.07. The van der Waals surface area contributed by atoms with Gasteiger partial charge in [-0.1, -0.05) is 6.92 Å². The number of nitrogens with zero attached hydrogens (tertiary/aromatic N) is 2. The summed E-state index contributed by atoms with van der Waals surface area (Å²) in [5.41, 5.74) is 8.76. The Morgan fingerprint density at radius 1 is 1.44 bits per heavy atom. The highest BCUT2D eigenvalue weighted by atomic mass is 15.3. The van der Waals surface area contributed by atoms with E-state index in [1.807, 2.05) is 0 Å². The molecule has 16 heavy (non-hydrogen) atoms. The molecule has 88 valence electrons. The average Bonchev–Trinajstić information content (AvgIpc) is 2.83. The van der Waals surface area contributed by atoms with Gasteiger partial charge in [-0.3, -0.25) is 5.10 Å². The van der Waals surface area contributed by atoms with E-state index in [9.17, 15) is 0 Å². The first-order chi connectivity index (χ1) is 7.74. The molecule has 2 atom stereocenters. The van der Waals surface area contributed by atoms with Crippen LogP contribution in [0, 0.1) is 5.92 Å². The molecule has 2 aliphatic rings. The van der Waals surface area contributed by atoms with Gasteiger partial charge in [0.05, 0.1) is 0 Å². The maximum Gasteiger partial charge on any atom is 0.153 e. The molecule has 0 amide bonds. The van der Waals surface area contributed by atoms with E-state index in [0.717, 1.165) is 31.8 Å². The van der Waals surface area contributed by atoms with Gasteiger partial charge in [-0.05, 0) is 31.6 Å². The summed E-state index contributed by atoms with van der Waals surface area (Å²) in [6.45, 7) is 4.36. The molecule has 1 aliphatic carbocycles. The maximum absolute atomic E-state index is 5.95. The number of fused-ring (bicyclic) bond motifs is 1. The third kappa shape index (κ3) is 1.61. The number of hydrogen-bond donors (Lipinski definition) is 2. The number of H-pyrrole nitrogens is 1. The van der Waals surface area contributed by atoms with Gasteiger partial charge in [0, 0.05) is 30.4 Å². The van der Waals surface area contributed by atoms with Crippen molar-refractivity contribution in [1.82, 2.24) is 10.2 Å². The average molecular weight is 220 g/mol. The second-order valence-electron chi connectivity index (χ2n) is 5.35. The van der Waals surface area contributed by atoms with Crippen molar-refractivity contribution in [2.45, 2.75) is 38.6 Å². The number of rotatable bonds is 1. The van der Waals surface area contributed by atoms with Crippen molar-refractivity contribution < 1.29 is 0 Å². The summed E-state index contributed by atoms with van der Waals surface area (Å²) < 4.78 is 0. The van der Waals surface area contributed by atoms with E-state index in [2.05, 4.69) is 22.0 Å². The second-order valence-corrected chi connectivity index (χ2v) is 5.35. The smallest absolute Gasteiger partial charge is 0.153 e. The summed E-state index contributed by atoms with van der Waals surface area (Å²) >= 11 is 0. The van der Waals surface area contributed by atoms with Crippen molar-refractivity contribution in [2.75, 3.05) is 18.0 Å². The monoisotopic (exact) mass is 220 g/mol. The Morgan fingerprint density at radius 3 is 3.06 bits per heavy atom. The number of anilines is 1. The lowest BCUT2D eigenvalue weighted by Crippen LogP contribution is -2.27. The van der Waals surface area contributed by atoms with Gasteiger partial charge >= 0.3 is 0 Å². The van der Waals surface area contributed by atoms with Gasteiger partial charge in [-0.25, -0.2) is 0 Å². The molecular weight excluding hydrogens is 200 g/mol. The van der Waals surface area contributed by atoms with Crippen LogP contribution in [0.3, 0.4) is 0 Å². The minimum absolute atomic E-state index is 0.327. The summed E-state index contributed by atoms with van der Waals surface area (Å²) in [4.78, 5) is 2.35. The Hall–Kier alpha value is -1.03. The van der Waals surface area contributed by atoms with Crippen molar-refractivity contribution in [3.63, 3.8) is 0 Å². The summed E-state index contributed by atoms with van der Waals surface area (Å²) in [5.74, 6) is 1.97. The fraction of sp³-hybridized carbons (Fsp3) is 0.750. The highest BCUT2D eigenvalue weighted by Crippen LogP contribution is 2.32. The first-order valence-electron chi connectivity index (χ1n) is 6.30. The molecule has 1 aromatic heterocycles. The lowest BCUT2D eigenvalue weighted by molar-refractivity contribution is 0.497. The number of aromatic amines is 1. The molecule has 2 unspecified atom stereocenters. The van der Waals surface area contributed by atoms with Crippen molar-refractivity contribution in [3.8, 4) is 0 Å². The SMILES string of the molecule is CC1CCc2[nH]nc(N3CCC(N)C3)c2C1. The van der Waals surface area contributed by atoms with Crippen molar-refractivity contribution in [3.05, 3.63) is 11.3 Å². The zero-order valence-electron chi connectivity index (χ0n) is 9.87. The van der Waals surface area contributed by atoms with Gasteiger partial charge in [-0.2, -0.15) is 5.10 Å². The summed E-state index contributed by atoms with van der Waals surface area (Å²) in [6.07, 6.45) is 4.71. The molecule has 2 heterocycles. The molecule has 4 nitrogen and oxygen atoms in total. The number of aromatic nitrogens is 2. The normalized spacial score (nSPS) is 29.5. The molecule has 4 heteroatoms. The molecule has 0 aromatic carbocycles. The fourth-order valence-corrected chi connectivity index (χ4v) is 2.89. The van der Waals surface area contributed by atoms with Crippen LogP contribution >= 0.6 is 0 Å². The lowest BCUT2D eigenvalue weighted by atomic mass is 9.88. The first-order valence-corrected chi connectivity index (χ1v) is 6.30. The Bertz CT molecular complexity index is 384. The topological polar surface area (TPSA) is 57.9 Å². The maximum atomic E-state index is 5.95. The molecule has 1 fully saturated rings. The Kier molecular flexibility index (Phi) is 2.39. The Labute approximate surface area is 96.2 Å². The second kappa shape index (κ2) is 3.77. The van der Waals surface area contributed by atoms with Crippen molar-refractivity contribution >= 4 is 5.82 Å². The van der Waals surface area contributed by atoms with E-state index in [-0.39, 0.29) is 0 Å². The largest absolute Gasteiger partial charge is 0.353 e. The number of aryl methyl sites for hydroxylation is 1. The van der Waals surface area contributed by atoms with Crippen LogP contribution in [0.2, 0.25) is 0 Å². The van der Waals surface area contributed by atoms with Gasteiger partial charge in [-0.15, -0.1) is 0 Å². The van der Waals surface area contributed by atoms with Crippen LogP contribution < -0.4 is 10.6 Å². The zero-order valence-corrected chi connectivity index (χ0v) is 9.87. The standard InChI is InChI=1S/C12H20N4/c1-8-2-3-11-10(6-8)12(15-14-11)16-5-4-9(13)7-16/h8-9H,2-7,13H2,1H3,(H,14,15). The molecule has 0 spiro atoms. The summed E-state index contributed by atoms with van der Waals surface area (Å²) in [6, 6.07) is 0.327. The van der Waals surface area contributed by atoms with E-state index in [0.29, 0.717) is 6.04 Å². The van der Waals surface area contributed by atoms with Gasteiger partial charge in [0.1, 0.15) is 0 Å². The van der Waals surface area contributed by atoms with Gasteiger partial charge in [0.15, 0.2) is 5.82 Å². The third-order valence-electron chi connectivity index (χ3n) is 3.89. The van der Waals surface area contributed by atoms with Crippen LogP contribution in [0.25, 0.3) is 0 Å². The summed E-state index contributed by atoms with van der Waals surface area (Å²) in [5, 5.41) is 7.70. The summed E-state index contributed by atoms with van der Waals surface area (Å²) in [7, 11) is 0. The van der Waals surface area contributed by atoms with E-state index in [1.165, 1.54) is 29.9 Å². The Morgan fingerprint density at radius 2 is 2.31 bits per heavy atom. The first kappa shape index (κ1) is 10.1. The number of hydrogen-bond acceptors (Lipinski definition) is 3. The van der Waals surface area contributed by atoms with Crippen LogP contribution in [0.1, 0.15) is 31.0 Å². The number of nitrogens with two attached hydrogens (primary N) is 1. The van der Waals surface area contributed by atoms with Crippen LogP contribution in [-0.2, 0) is 12.8 Å². The van der Waals surface area contributed by atoms with Gasteiger partial charge in [0.2, 0.25) is 0 Å². The molecule has 1 aliphatic heterocycles. The van der Waals surface area contributed by atoms with Crippen molar-refractivity contribution in [2.24, 2.45) is 11.7 Å². The molecule has 0 radical (unpaired) electrons. The van der Waals surface area contributed by atoms with E-state index in [4.69, 9.17) is 5.73 Å². The van der Waals surface area contributed by atoms with Crippen molar-refractivity contribution in [1.29, 1.82) is 0 Å². The number of nitrogens with one attached hydrogen (secondary N) is 1. The van der Waals surface area contributed by atoms with Crippen LogP contribution in [0.15, 0.2) is 0 Å². The molecule has 3 rings (SSSR count). The highest BCUT2D eigenvalue weighted by molar-refractivity contribution is 5.51. The van der Waals surface area contributed by atoms with E-state index < -0.39 is 0 Å².